The molecule has 130 valence electrons. The van der Waals surface area contributed by atoms with Crippen LogP contribution in [0.5, 0.6) is 0 Å². The maximum atomic E-state index is 12.4. The van der Waals surface area contributed by atoms with Gasteiger partial charge in [-0.2, -0.15) is 0 Å². The zero-order valence-corrected chi connectivity index (χ0v) is 15.4. The Hall–Kier alpha value is -1.68. The van der Waals surface area contributed by atoms with Crippen LogP contribution in [0.15, 0.2) is 29.6 Å². The van der Waals surface area contributed by atoms with Crippen LogP contribution < -0.4 is 5.32 Å². The van der Waals surface area contributed by atoms with Gasteiger partial charge in [0.25, 0.3) is 5.91 Å². The van der Waals surface area contributed by atoms with Gasteiger partial charge in [0.2, 0.25) is 0 Å². The van der Waals surface area contributed by atoms with Crippen LogP contribution in [0, 0.1) is 24.7 Å². The molecule has 0 saturated heterocycles. The lowest BCUT2D eigenvalue weighted by molar-refractivity contribution is -0.00688. The summed E-state index contributed by atoms with van der Waals surface area (Å²) in [5.41, 5.74) is 3.40. The third kappa shape index (κ3) is 2.71. The number of anilines is 1. The molecule has 1 N–H and O–H groups in total. The van der Waals surface area contributed by atoms with Crippen molar-refractivity contribution in [2.45, 2.75) is 50.9 Å². The van der Waals surface area contributed by atoms with Gasteiger partial charge in [0.15, 0.2) is 5.13 Å². The molecule has 4 saturated carbocycles. The molecule has 3 nitrogen and oxygen atoms in total. The van der Waals surface area contributed by atoms with Crippen LogP contribution in [0.25, 0.3) is 0 Å². The smallest absolute Gasteiger partial charge is 0.257 e. The number of rotatable bonds is 3. The van der Waals surface area contributed by atoms with E-state index in [1.54, 1.807) is 11.3 Å². The summed E-state index contributed by atoms with van der Waals surface area (Å²) in [7, 11) is 0. The summed E-state index contributed by atoms with van der Waals surface area (Å²) < 4.78 is 0. The first-order chi connectivity index (χ1) is 12.1. The highest BCUT2D eigenvalue weighted by Crippen LogP contribution is 2.60. The highest BCUT2D eigenvalue weighted by Gasteiger charge is 2.52. The zero-order valence-electron chi connectivity index (χ0n) is 14.6. The van der Waals surface area contributed by atoms with E-state index in [4.69, 9.17) is 4.98 Å². The summed E-state index contributed by atoms with van der Waals surface area (Å²) in [6, 6.07) is 7.69. The number of hydrogen-bond acceptors (Lipinski definition) is 3. The SMILES string of the molecule is Cc1ccc(C(=O)Nc2nc(C34CC5CC(CC(C5)C3)C4)cs2)cc1. The third-order valence-corrected chi connectivity index (χ3v) is 7.38. The minimum atomic E-state index is -0.0635. The highest BCUT2D eigenvalue weighted by molar-refractivity contribution is 7.14. The average molecular weight is 353 g/mol. The summed E-state index contributed by atoms with van der Waals surface area (Å²) in [6.45, 7) is 2.03. The molecule has 1 heterocycles. The van der Waals surface area contributed by atoms with E-state index in [0.29, 0.717) is 11.0 Å². The zero-order chi connectivity index (χ0) is 17.0. The maximum absolute atomic E-state index is 12.4. The first-order valence-corrected chi connectivity index (χ1v) is 10.3. The molecule has 2 aromatic rings. The Balaban J connectivity index is 1.35. The van der Waals surface area contributed by atoms with Gasteiger partial charge in [-0.1, -0.05) is 17.7 Å². The van der Waals surface area contributed by atoms with E-state index < -0.39 is 0 Å². The predicted molar refractivity (Wildman–Crippen MR) is 101 cm³/mol. The molecule has 1 aromatic heterocycles. The van der Waals surface area contributed by atoms with Gasteiger partial charge in [-0.15, -0.1) is 11.3 Å². The number of carbonyl (C=O) groups is 1. The number of aryl methyl sites for hydroxylation is 1. The number of benzene rings is 1. The van der Waals surface area contributed by atoms with Crippen LogP contribution >= 0.6 is 11.3 Å². The minimum absolute atomic E-state index is 0.0635. The van der Waals surface area contributed by atoms with E-state index in [0.717, 1.165) is 28.4 Å². The molecule has 4 aliphatic rings. The molecule has 0 spiro atoms. The molecule has 4 fully saturated rings. The monoisotopic (exact) mass is 352 g/mol. The molecule has 4 bridgehead atoms. The Morgan fingerprint density at radius 2 is 1.68 bits per heavy atom. The largest absolute Gasteiger partial charge is 0.298 e. The van der Waals surface area contributed by atoms with E-state index in [-0.39, 0.29) is 5.91 Å². The van der Waals surface area contributed by atoms with Gasteiger partial charge in [-0.3, -0.25) is 10.1 Å². The number of nitrogens with zero attached hydrogens (tertiary/aromatic N) is 1. The number of nitrogens with one attached hydrogen (secondary N) is 1. The molecular weight excluding hydrogens is 328 g/mol. The molecule has 6 rings (SSSR count). The lowest BCUT2D eigenvalue weighted by atomic mass is 9.49. The maximum Gasteiger partial charge on any atom is 0.257 e. The summed E-state index contributed by atoms with van der Waals surface area (Å²) >= 11 is 1.58. The predicted octanol–water partition coefficient (Wildman–Crippen LogP) is 5.17. The van der Waals surface area contributed by atoms with Crippen molar-refractivity contribution in [3.63, 3.8) is 0 Å². The fourth-order valence-corrected chi connectivity index (χ4v) is 6.70. The van der Waals surface area contributed by atoms with Gasteiger partial charge in [0.1, 0.15) is 0 Å². The summed E-state index contributed by atoms with van der Waals surface area (Å²) in [5.74, 6) is 2.68. The highest BCUT2D eigenvalue weighted by atomic mass is 32.1. The molecule has 0 unspecified atom stereocenters. The number of hydrogen-bond donors (Lipinski definition) is 1. The topological polar surface area (TPSA) is 42.0 Å². The average Bonchev–Trinajstić information content (AvgIpc) is 3.03. The lowest BCUT2D eigenvalue weighted by Crippen LogP contribution is -2.48. The van der Waals surface area contributed by atoms with Crippen LogP contribution in [0.1, 0.15) is 60.1 Å². The van der Waals surface area contributed by atoms with Crippen LogP contribution in [0.2, 0.25) is 0 Å². The number of aromatic nitrogens is 1. The summed E-state index contributed by atoms with van der Waals surface area (Å²) in [6.07, 6.45) is 8.28. The van der Waals surface area contributed by atoms with Gasteiger partial charge >= 0.3 is 0 Å². The Bertz CT molecular complexity index is 772. The molecule has 25 heavy (non-hydrogen) atoms. The number of amides is 1. The van der Waals surface area contributed by atoms with Crippen molar-refractivity contribution in [2.75, 3.05) is 5.32 Å². The molecule has 1 amide bonds. The molecule has 0 atom stereocenters. The van der Waals surface area contributed by atoms with E-state index in [1.807, 2.05) is 31.2 Å². The Kier molecular flexibility index (Phi) is 3.53. The molecule has 4 heteroatoms. The first kappa shape index (κ1) is 15.6. The van der Waals surface area contributed by atoms with Crippen LogP contribution in [-0.4, -0.2) is 10.9 Å². The second-order valence-electron chi connectivity index (χ2n) is 8.56. The standard InChI is InChI=1S/C21H24N2OS/c1-13-2-4-17(5-3-13)19(24)23-20-22-18(12-25-20)21-9-14-6-15(10-21)8-16(7-14)11-21/h2-5,12,14-16H,6-11H2,1H3,(H,22,23,24). The van der Waals surface area contributed by atoms with Crippen molar-refractivity contribution in [2.24, 2.45) is 17.8 Å². The Morgan fingerprint density at radius 3 is 2.28 bits per heavy atom. The first-order valence-electron chi connectivity index (χ1n) is 9.44. The second-order valence-corrected chi connectivity index (χ2v) is 9.41. The molecule has 1 aromatic carbocycles. The number of carbonyl (C=O) groups excluding carboxylic acids is 1. The van der Waals surface area contributed by atoms with Gasteiger partial charge in [0.05, 0.1) is 5.69 Å². The van der Waals surface area contributed by atoms with Gasteiger partial charge < -0.3 is 0 Å². The second kappa shape index (κ2) is 5.66. The van der Waals surface area contributed by atoms with E-state index in [2.05, 4.69) is 10.7 Å². The van der Waals surface area contributed by atoms with Crippen molar-refractivity contribution in [1.82, 2.24) is 4.98 Å². The summed E-state index contributed by atoms with van der Waals surface area (Å²) in [4.78, 5) is 17.3. The van der Waals surface area contributed by atoms with E-state index in [9.17, 15) is 4.79 Å². The molecule has 0 radical (unpaired) electrons. The minimum Gasteiger partial charge on any atom is -0.298 e. The van der Waals surface area contributed by atoms with Gasteiger partial charge in [-0.05, 0) is 75.3 Å². The van der Waals surface area contributed by atoms with Crippen molar-refractivity contribution in [1.29, 1.82) is 0 Å². The quantitative estimate of drug-likeness (QED) is 0.828. The van der Waals surface area contributed by atoms with E-state index >= 15 is 0 Å². The van der Waals surface area contributed by atoms with Crippen molar-refractivity contribution in [3.8, 4) is 0 Å². The molecule has 0 aliphatic heterocycles. The Morgan fingerprint density at radius 1 is 1.08 bits per heavy atom. The normalized spacial score (nSPS) is 32.8. The van der Waals surface area contributed by atoms with Crippen molar-refractivity contribution < 1.29 is 4.79 Å². The van der Waals surface area contributed by atoms with Gasteiger partial charge in [-0.25, -0.2) is 4.98 Å². The fourth-order valence-electron chi connectivity index (χ4n) is 5.87. The van der Waals surface area contributed by atoms with Gasteiger partial charge in [0, 0.05) is 16.4 Å². The van der Waals surface area contributed by atoms with Crippen LogP contribution in [0.4, 0.5) is 5.13 Å². The molecule has 4 aliphatic carbocycles. The Labute approximate surface area is 152 Å². The van der Waals surface area contributed by atoms with E-state index in [1.165, 1.54) is 44.2 Å². The van der Waals surface area contributed by atoms with Crippen molar-refractivity contribution >= 4 is 22.4 Å². The van der Waals surface area contributed by atoms with Crippen LogP contribution in [-0.2, 0) is 5.41 Å². The molecular formula is C21H24N2OS. The lowest BCUT2D eigenvalue weighted by Gasteiger charge is -2.56. The fraction of sp³-hybridized carbons (Fsp3) is 0.524. The third-order valence-electron chi connectivity index (χ3n) is 6.62. The summed E-state index contributed by atoms with van der Waals surface area (Å²) in [5, 5.41) is 5.95. The van der Waals surface area contributed by atoms with Crippen LogP contribution in [0.3, 0.4) is 0 Å². The number of thiazole rings is 1. The van der Waals surface area contributed by atoms with Crippen molar-refractivity contribution in [3.05, 3.63) is 46.5 Å².